The van der Waals surface area contributed by atoms with Crippen LogP contribution >= 0.6 is 0 Å². The molecule has 0 aromatic heterocycles. The van der Waals surface area contributed by atoms with E-state index in [1.807, 2.05) is 27.9 Å². The lowest BCUT2D eigenvalue weighted by Gasteiger charge is -1.98. The summed E-state index contributed by atoms with van der Waals surface area (Å²) in [5.74, 6) is 0. The van der Waals surface area contributed by atoms with Crippen molar-refractivity contribution in [3.8, 4) is 0 Å². The molecule has 100 valence electrons. The van der Waals surface area contributed by atoms with Crippen LogP contribution in [-0.4, -0.2) is 53.6 Å². The fourth-order valence-corrected chi connectivity index (χ4v) is 0.991. The molecule has 0 aliphatic rings. The first-order chi connectivity index (χ1) is 7.83. The van der Waals surface area contributed by atoms with Crippen LogP contribution in [0.5, 0.6) is 0 Å². The Labute approximate surface area is 101 Å². The summed E-state index contributed by atoms with van der Waals surface area (Å²) in [4.78, 5) is 0. The molecule has 16 heavy (non-hydrogen) atoms. The molecule has 0 atom stereocenters. The van der Waals surface area contributed by atoms with Gasteiger partial charge in [-0.1, -0.05) is 0 Å². The highest BCUT2D eigenvalue weighted by molar-refractivity contribution is 4.38. The normalized spacial score (nSPS) is 9.75. The maximum Gasteiger partial charge on any atom is 0.0477 e. The zero-order chi connectivity index (χ0) is 12.5. The molecule has 0 heterocycles. The Morgan fingerprint density at radius 1 is 0.750 bits per heavy atom. The lowest BCUT2D eigenvalue weighted by Crippen LogP contribution is -2.10. The minimum atomic E-state index is 0.837. The van der Waals surface area contributed by atoms with Crippen molar-refractivity contribution in [1.82, 2.24) is 10.6 Å². The molecular weight excluding hydrogens is 204 g/mol. The number of nitrogens with one attached hydrogen (secondary N) is 2. The van der Waals surface area contributed by atoms with Gasteiger partial charge in [0.05, 0.1) is 0 Å². The smallest absolute Gasteiger partial charge is 0.0477 e. The quantitative estimate of drug-likeness (QED) is 0.559. The summed E-state index contributed by atoms with van der Waals surface area (Å²) in [6.45, 7) is 9.58. The lowest BCUT2D eigenvalue weighted by molar-refractivity contribution is 0.145. The second-order valence-corrected chi connectivity index (χ2v) is 3.31. The zero-order valence-electron chi connectivity index (χ0n) is 11.5. The Kier molecular flexibility index (Phi) is 23.1. The summed E-state index contributed by atoms with van der Waals surface area (Å²) < 4.78 is 10.2. The molecule has 0 aromatic carbocycles. The molecule has 0 unspecified atom stereocenters. The summed E-state index contributed by atoms with van der Waals surface area (Å²) in [5, 5.41) is 6.09. The highest BCUT2D eigenvalue weighted by Gasteiger charge is 1.82. The molecule has 0 aliphatic carbocycles. The molecule has 0 spiro atoms. The molecule has 0 saturated heterocycles. The summed E-state index contributed by atoms with van der Waals surface area (Å²) in [7, 11) is 3.90. The minimum absolute atomic E-state index is 0.837. The second-order valence-electron chi connectivity index (χ2n) is 3.31. The minimum Gasteiger partial charge on any atom is -0.382 e. The van der Waals surface area contributed by atoms with Gasteiger partial charge < -0.3 is 20.1 Å². The van der Waals surface area contributed by atoms with Crippen LogP contribution < -0.4 is 10.6 Å². The van der Waals surface area contributed by atoms with Crippen LogP contribution in [0.2, 0.25) is 0 Å². The first-order valence-electron chi connectivity index (χ1n) is 6.28. The molecule has 0 aromatic rings. The molecular formula is C12H30N2O2. The molecule has 0 bridgehead atoms. The van der Waals surface area contributed by atoms with Crippen molar-refractivity contribution in [1.29, 1.82) is 0 Å². The standard InChI is InChI=1S/2C6H15NO/c2*1-3-8-6-4-5-7-2/h2*7H,3-6H2,1-2H3. The maximum atomic E-state index is 5.10. The van der Waals surface area contributed by atoms with E-state index < -0.39 is 0 Å². The van der Waals surface area contributed by atoms with Crippen molar-refractivity contribution >= 4 is 0 Å². The predicted molar refractivity (Wildman–Crippen MR) is 70.1 cm³/mol. The number of hydrogen-bond acceptors (Lipinski definition) is 4. The van der Waals surface area contributed by atoms with E-state index >= 15 is 0 Å². The van der Waals surface area contributed by atoms with Crippen molar-refractivity contribution in [3.63, 3.8) is 0 Å². The van der Waals surface area contributed by atoms with Crippen LogP contribution in [0.15, 0.2) is 0 Å². The van der Waals surface area contributed by atoms with Gasteiger partial charge in [-0.2, -0.15) is 0 Å². The molecule has 0 amide bonds. The van der Waals surface area contributed by atoms with E-state index in [-0.39, 0.29) is 0 Å². The molecule has 4 nitrogen and oxygen atoms in total. The Bertz CT molecular complexity index is 79.0. The van der Waals surface area contributed by atoms with E-state index in [0.717, 1.165) is 52.4 Å². The van der Waals surface area contributed by atoms with Gasteiger partial charge >= 0.3 is 0 Å². The van der Waals surface area contributed by atoms with E-state index in [2.05, 4.69) is 10.6 Å². The molecule has 2 N–H and O–H groups in total. The lowest BCUT2D eigenvalue weighted by atomic mass is 10.4. The third kappa shape index (κ3) is 23.6. The fourth-order valence-electron chi connectivity index (χ4n) is 0.991. The van der Waals surface area contributed by atoms with Crippen LogP contribution in [-0.2, 0) is 9.47 Å². The highest BCUT2D eigenvalue weighted by Crippen LogP contribution is 1.78. The molecule has 0 aliphatic heterocycles. The first kappa shape index (κ1) is 18.2. The van der Waals surface area contributed by atoms with Gasteiger partial charge in [0.25, 0.3) is 0 Å². The van der Waals surface area contributed by atoms with Gasteiger partial charge in [0, 0.05) is 26.4 Å². The third-order valence-electron chi connectivity index (χ3n) is 1.84. The first-order valence-corrected chi connectivity index (χ1v) is 6.28. The fraction of sp³-hybridized carbons (Fsp3) is 1.00. The Morgan fingerprint density at radius 3 is 1.38 bits per heavy atom. The van der Waals surface area contributed by atoms with Crippen molar-refractivity contribution in [2.45, 2.75) is 26.7 Å². The van der Waals surface area contributed by atoms with Gasteiger partial charge in [-0.25, -0.2) is 0 Å². The summed E-state index contributed by atoms with van der Waals surface area (Å²) in [6, 6.07) is 0. The largest absolute Gasteiger partial charge is 0.382 e. The van der Waals surface area contributed by atoms with Crippen LogP contribution in [0.4, 0.5) is 0 Å². The average molecular weight is 234 g/mol. The third-order valence-corrected chi connectivity index (χ3v) is 1.84. The maximum absolute atomic E-state index is 5.10. The highest BCUT2D eigenvalue weighted by atomic mass is 16.5. The van der Waals surface area contributed by atoms with E-state index in [1.165, 1.54) is 0 Å². The summed E-state index contributed by atoms with van der Waals surface area (Å²) in [6.07, 6.45) is 2.23. The molecule has 0 rings (SSSR count). The Balaban J connectivity index is 0. The van der Waals surface area contributed by atoms with Crippen LogP contribution in [0.25, 0.3) is 0 Å². The van der Waals surface area contributed by atoms with E-state index in [1.54, 1.807) is 0 Å². The molecule has 0 fully saturated rings. The van der Waals surface area contributed by atoms with Gasteiger partial charge in [0.15, 0.2) is 0 Å². The summed E-state index contributed by atoms with van der Waals surface area (Å²) in [5.41, 5.74) is 0. The monoisotopic (exact) mass is 234 g/mol. The van der Waals surface area contributed by atoms with Gasteiger partial charge in [0.1, 0.15) is 0 Å². The van der Waals surface area contributed by atoms with Crippen LogP contribution in [0.3, 0.4) is 0 Å². The number of ether oxygens (including phenoxy) is 2. The zero-order valence-corrected chi connectivity index (χ0v) is 11.5. The van der Waals surface area contributed by atoms with Gasteiger partial charge in [0.2, 0.25) is 0 Å². The second kappa shape index (κ2) is 20.3. The SMILES string of the molecule is CCOCCCNC.CCOCCCNC. The number of hydrogen-bond donors (Lipinski definition) is 2. The van der Waals surface area contributed by atoms with Crippen molar-refractivity contribution in [2.24, 2.45) is 0 Å². The van der Waals surface area contributed by atoms with Crippen LogP contribution in [0.1, 0.15) is 26.7 Å². The van der Waals surface area contributed by atoms with Gasteiger partial charge in [-0.3, -0.25) is 0 Å². The van der Waals surface area contributed by atoms with E-state index in [9.17, 15) is 0 Å². The molecule has 0 saturated carbocycles. The predicted octanol–water partition coefficient (Wildman–Crippen LogP) is 1.26. The van der Waals surface area contributed by atoms with Crippen molar-refractivity contribution in [3.05, 3.63) is 0 Å². The van der Waals surface area contributed by atoms with E-state index in [4.69, 9.17) is 9.47 Å². The Hall–Kier alpha value is -0.160. The van der Waals surface area contributed by atoms with E-state index in [0.29, 0.717) is 0 Å². The number of rotatable bonds is 10. The van der Waals surface area contributed by atoms with Crippen molar-refractivity contribution in [2.75, 3.05) is 53.6 Å². The summed E-state index contributed by atoms with van der Waals surface area (Å²) >= 11 is 0. The van der Waals surface area contributed by atoms with Crippen LogP contribution in [0, 0.1) is 0 Å². The average Bonchev–Trinajstić information content (AvgIpc) is 2.31. The topological polar surface area (TPSA) is 42.5 Å². The van der Waals surface area contributed by atoms with Gasteiger partial charge in [-0.15, -0.1) is 0 Å². The van der Waals surface area contributed by atoms with Crippen molar-refractivity contribution < 1.29 is 9.47 Å². The molecule has 4 heteroatoms. The molecule has 0 radical (unpaired) electrons. The Morgan fingerprint density at radius 2 is 1.12 bits per heavy atom. The van der Waals surface area contributed by atoms with Gasteiger partial charge in [-0.05, 0) is 53.9 Å².